The highest BCUT2D eigenvalue weighted by molar-refractivity contribution is 4.75. The lowest BCUT2D eigenvalue weighted by Crippen LogP contribution is -2.40. The maximum absolute atomic E-state index is 9.16. The highest BCUT2D eigenvalue weighted by atomic mass is 16.3. The summed E-state index contributed by atoms with van der Waals surface area (Å²) in [5, 5.41) is 9.16. The molecule has 1 saturated carbocycles. The third kappa shape index (κ3) is 4.42. The van der Waals surface area contributed by atoms with Gasteiger partial charge in [0.05, 0.1) is 6.61 Å². The minimum absolute atomic E-state index is 0.309. The van der Waals surface area contributed by atoms with Crippen molar-refractivity contribution < 1.29 is 5.11 Å². The fourth-order valence-electron chi connectivity index (χ4n) is 3.06. The van der Waals surface area contributed by atoms with Crippen molar-refractivity contribution in [2.75, 3.05) is 19.7 Å². The van der Waals surface area contributed by atoms with Gasteiger partial charge in [-0.1, -0.05) is 33.1 Å². The van der Waals surface area contributed by atoms with Gasteiger partial charge in [-0.25, -0.2) is 0 Å². The first kappa shape index (κ1) is 14.0. The zero-order valence-electron chi connectivity index (χ0n) is 11.1. The van der Waals surface area contributed by atoms with Gasteiger partial charge in [0.15, 0.2) is 0 Å². The molecule has 0 saturated heterocycles. The molecular formula is C14H29NO. The van der Waals surface area contributed by atoms with Crippen molar-refractivity contribution in [1.82, 2.24) is 4.90 Å². The maximum Gasteiger partial charge on any atom is 0.0558 e. The van der Waals surface area contributed by atoms with Gasteiger partial charge >= 0.3 is 0 Å². The van der Waals surface area contributed by atoms with Crippen molar-refractivity contribution in [2.45, 2.75) is 64.8 Å². The van der Waals surface area contributed by atoms with Gasteiger partial charge < -0.3 is 5.11 Å². The normalized spacial score (nSPS) is 18.6. The zero-order chi connectivity index (χ0) is 11.8. The van der Waals surface area contributed by atoms with Crippen molar-refractivity contribution in [3.63, 3.8) is 0 Å². The largest absolute Gasteiger partial charge is 0.395 e. The Bertz CT molecular complexity index is 162. The number of aliphatic hydroxyl groups is 1. The Balaban J connectivity index is 2.41. The predicted octanol–water partition coefficient (Wildman–Crippen LogP) is 3.05. The lowest BCUT2D eigenvalue weighted by atomic mass is 9.88. The standard InChI is InChI=1S/C14H29NO/c1-3-14(4-2)15(10-11-16)12-13-8-6-5-7-9-13/h13-14,16H,3-12H2,1-2H3. The van der Waals surface area contributed by atoms with Crippen molar-refractivity contribution in [1.29, 1.82) is 0 Å². The Morgan fingerprint density at radius 2 is 1.75 bits per heavy atom. The molecule has 2 nitrogen and oxygen atoms in total. The highest BCUT2D eigenvalue weighted by Gasteiger charge is 2.20. The molecule has 0 aliphatic heterocycles. The SMILES string of the molecule is CCC(CC)N(CCO)CC1CCCCC1. The summed E-state index contributed by atoms with van der Waals surface area (Å²) in [6.45, 7) is 6.91. The molecule has 0 spiro atoms. The number of rotatable bonds is 7. The van der Waals surface area contributed by atoms with E-state index in [9.17, 15) is 0 Å². The minimum atomic E-state index is 0.309. The molecule has 1 aliphatic rings. The van der Waals surface area contributed by atoms with Crippen LogP contribution in [0.4, 0.5) is 0 Å². The highest BCUT2D eigenvalue weighted by Crippen LogP contribution is 2.25. The van der Waals surface area contributed by atoms with Gasteiger partial charge in [-0.15, -0.1) is 0 Å². The third-order valence-electron chi connectivity index (χ3n) is 4.06. The Kier molecular flexibility index (Phi) is 7.06. The van der Waals surface area contributed by atoms with Gasteiger partial charge in [0, 0.05) is 19.1 Å². The van der Waals surface area contributed by atoms with E-state index >= 15 is 0 Å². The van der Waals surface area contributed by atoms with Crippen LogP contribution in [0.25, 0.3) is 0 Å². The fraction of sp³-hybridized carbons (Fsp3) is 1.00. The lowest BCUT2D eigenvalue weighted by Gasteiger charge is -2.34. The topological polar surface area (TPSA) is 23.5 Å². The molecule has 16 heavy (non-hydrogen) atoms. The van der Waals surface area contributed by atoms with Crippen molar-refractivity contribution in [2.24, 2.45) is 5.92 Å². The molecule has 0 aromatic rings. The van der Waals surface area contributed by atoms with Crippen LogP contribution in [0.1, 0.15) is 58.8 Å². The van der Waals surface area contributed by atoms with E-state index in [1.165, 1.54) is 51.5 Å². The lowest BCUT2D eigenvalue weighted by molar-refractivity contribution is 0.113. The molecule has 96 valence electrons. The van der Waals surface area contributed by atoms with Crippen LogP contribution in [0.5, 0.6) is 0 Å². The van der Waals surface area contributed by atoms with E-state index in [2.05, 4.69) is 18.7 Å². The van der Waals surface area contributed by atoms with Crippen LogP contribution < -0.4 is 0 Å². The van der Waals surface area contributed by atoms with Crippen LogP contribution in [-0.2, 0) is 0 Å². The fourth-order valence-corrected chi connectivity index (χ4v) is 3.06. The quantitative estimate of drug-likeness (QED) is 0.722. The number of hydrogen-bond donors (Lipinski definition) is 1. The average Bonchev–Trinajstić information content (AvgIpc) is 2.32. The molecule has 0 amide bonds. The molecule has 0 aromatic heterocycles. The van der Waals surface area contributed by atoms with Crippen LogP contribution in [0.2, 0.25) is 0 Å². The van der Waals surface area contributed by atoms with Gasteiger partial charge in [0.1, 0.15) is 0 Å². The Morgan fingerprint density at radius 1 is 1.12 bits per heavy atom. The minimum Gasteiger partial charge on any atom is -0.395 e. The molecule has 0 radical (unpaired) electrons. The first-order valence-corrected chi connectivity index (χ1v) is 7.16. The van der Waals surface area contributed by atoms with Crippen LogP contribution in [0, 0.1) is 5.92 Å². The monoisotopic (exact) mass is 227 g/mol. The molecule has 0 atom stereocenters. The molecule has 1 aliphatic carbocycles. The molecule has 0 unspecified atom stereocenters. The Labute approximate surface area is 101 Å². The number of aliphatic hydroxyl groups excluding tert-OH is 1. The van der Waals surface area contributed by atoms with E-state index in [4.69, 9.17) is 5.11 Å². The second-order valence-electron chi connectivity index (χ2n) is 5.19. The second kappa shape index (κ2) is 8.08. The van der Waals surface area contributed by atoms with Crippen molar-refractivity contribution in [3.05, 3.63) is 0 Å². The van der Waals surface area contributed by atoms with Crippen LogP contribution in [-0.4, -0.2) is 35.7 Å². The average molecular weight is 227 g/mol. The summed E-state index contributed by atoms with van der Waals surface area (Å²) >= 11 is 0. The van der Waals surface area contributed by atoms with Gasteiger partial charge in [-0.2, -0.15) is 0 Å². The molecule has 1 N–H and O–H groups in total. The smallest absolute Gasteiger partial charge is 0.0558 e. The predicted molar refractivity (Wildman–Crippen MR) is 69.6 cm³/mol. The summed E-state index contributed by atoms with van der Waals surface area (Å²) in [4.78, 5) is 2.52. The zero-order valence-corrected chi connectivity index (χ0v) is 11.1. The molecule has 0 aromatic carbocycles. The van der Waals surface area contributed by atoms with E-state index in [0.717, 1.165) is 12.5 Å². The summed E-state index contributed by atoms with van der Waals surface area (Å²) in [5.74, 6) is 0.890. The third-order valence-corrected chi connectivity index (χ3v) is 4.06. The molecular weight excluding hydrogens is 198 g/mol. The summed E-state index contributed by atoms with van der Waals surface area (Å²) in [6.07, 6.45) is 9.50. The van der Waals surface area contributed by atoms with Crippen LogP contribution in [0.3, 0.4) is 0 Å². The van der Waals surface area contributed by atoms with E-state index in [-0.39, 0.29) is 0 Å². The van der Waals surface area contributed by atoms with Gasteiger partial charge in [0.25, 0.3) is 0 Å². The summed E-state index contributed by atoms with van der Waals surface area (Å²) in [5.41, 5.74) is 0. The van der Waals surface area contributed by atoms with Crippen molar-refractivity contribution >= 4 is 0 Å². The van der Waals surface area contributed by atoms with Gasteiger partial charge in [-0.05, 0) is 31.6 Å². The summed E-state index contributed by atoms with van der Waals surface area (Å²) < 4.78 is 0. The van der Waals surface area contributed by atoms with Crippen molar-refractivity contribution in [3.8, 4) is 0 Å². The number of nitrogens with zero attached hydrogens (tertiary/aromatic N) is 1. The van der Waals surface area contributed by atoms with Gasteiger partial charge in [0.2, 0.25) is 0 Å². The summed E-state index contributed by atoms with van der Waals surface area (Å²) in [6, 6.07) is 0.675. The Hall–Kier alpha value is -0.0800. The number of hydrogen-bond acceptors (Lipinski definition) is 2. The maximum atomic E-state index is 9.16. The second-order valence-corrected chi connectivity index (χ2v) is 5.19. The van der Waals surface area contributed by atoms with Crippen LogP contribution >= 0.6 is 0 Å². The van der Waals surface area contributed by atoms with Gasteiger partial charge in [-0.3, -0.25) is 4.90 Å². The van der Waals surface area contributed by atoms with E-state index in [1.807, 2.05) is 0 Å². The van der Waals surface area contributed by atoms with E-state index in [1.54, 1.807) is 0 Å². The molecule has 1 fully saturated rings. The molecule has 2 heteroatoms. The molecule has 0 bridgehead atoms. The molecule has 1 rings (SSSR count). The van der Waals surface area contributed by atoms with Crippen LogP contribution in [0.15, 0.2) is 0 Å². The molecule has 0 heterocycles. The first-order chi connectivity index (χ1) is 7.81. The van der Waals surface area contributed by atoms with E-state index in [0.29, 0.717) is 12.6 Å². The summed E-state index contributed by atoms with van der Waals surface area (Å²) in [7, 11) is 0. The Morgan fingerprint density at radius 3 is 2.25 bits per heavy atom. The van der Waals surface area contributed by atoms with E-state index < -0.39 is 0 Å². The first-order valence-electron chi connectivity index (χ1n) is 7.16.